The number of carbonyl (C=O) groups excluding carboxylic acids is 2. The largest absolute Gasteiger partial charge is 0.456 e. The third-order valence-corrected chi connectivity index (χ3v) is 15.8. The van der Waals surface area contributed by atoms with Crippen LogP contribution >= 0.6 is 0 Å². The van der Waals surface area contributed by atoms with Crippen LogP contribution in [0.4, 0.5) is 0 Å². The second-order valence-electron chi connectivity index (χ2n) is 18.4. The minimum Gasteiger partial charge on any atom is -0.456 e. The lowest BCUT2D eigenvalue weighted by Crippen LogP contribution is -2.78. The number of hydrogen-bond acceptors (Lipinski definition) is 13. The molecule has 0 aromatic carbocycles. The average molecular weight is 724 g/mol. The first kappa shape index (κ1) is 38.0. The fourth-order valence-electron chi connectivity index (χ4n) is 12.7. The molecule has 3 saturated heterocycles. The van der Waals surface area contributed by atoms with Gasteiger partial charge in [0.1, 0.15) is 23.9 Å². The molecule has 3 heterocycles. The Labute approximate surface area is 300 Å². The van der Waals surface area contributed by atoms with Crippen LogP contribution in [0.25, 0.3) is 0 Å². The van der Waals surface area contributed by atoms with Crippen LogP contribution in [-0.4, -0.2) is 137 Å². The summed E-state index contributed by atoms with van der Waals surface area (Å²) < 4.78 is 19.0. The van der Waals surface area contributed by atoms with Crippen molar-refractivity contribution in [2.45, 2.75) is 158 Å². The summed E-state index contributed by atoms with van der Waals surface area (Å²) in [5, 5.41) is 85.4. The predicted octanol–water partition coefficient (Wildman–Crippen LogP) is 0.508. The molecule has 3 aliphatic heterocycles. The smallest absolute Gasteiger partial charge is 0.309 e. The van der Waals surface area contributed by atoms with Crippen molar-refractivity contribution in [3.05, 3.63) is 0 Å². The Morgan fingerprint density at radius 2 is 1.67 bits per heavy atom. The standard InChI is InChI=1S/C38H61NO12/c1-8-19(4)32(44)50-31-26(41)25-20(16-39-15-18(3)10-11-22(39)35(25,7)46)21-14-36-30(37(21,31)47)28(43)27(42)29-33(36,5)13-12-24(38(29,48)51-36)49-17-23(40)34(6,45)9-2/h18-22,24-31,41-43,45-48H,8-17H2,1-7H3/t18-,19-,20+,21-,22-,24+,25-,26-,27+,28-,29+,30+,31+,33+,34+,35-,36-,37+,38-/m1/s1. The molecule has 4 saturated carbocycles. The lowest BCUT2D eigenvalue weighted by Gasteiger charge is -2.64. The van der Waals surface area contributed by atoms with Crippen LogP contribution in [0, 0.1) is 46.8 Å². The molecule has 0 radical (unpaired) electrons. The fourth-order valence-corrected chi connectivity index (χ4v) is 12.7. The number of esters is 1. The Balaban J connectivity index is 1.34. The van der Waals surface area contributed by atoms with Crippen molar-refractivity contribution in [3.8, 4) is 0 Å². The summed E-state index contributed by atoms with van der Waals surface area (Å²) in [6.07, 6.45) is -4.55. The first-order valence-corrected chi connectivity index (χ1v) is 19.4. The number of Topliss-reactive ketones (excluding diaryl/α,β-unsaturated/α-hetero) is 1. The monoisotopic (exact) mass is 723 g/mol. The van der Waals surface area contributed by atoms with E-state index in [1.807, 2.05) is 13.8 Å². The number of piperidine rings is 2. The highest BCUT2D eigenvalue weighted by Gasteiger charge is 2.88. The third-order valence-electron chi connectivity index (χ3n) is 15.8. The summed E-state index contributed by atoms with van der Waals surface area (Å²) in [6.45, 7) is 13.1. The predicted molar refractivity (Wildman–Crippen MR) is 181 cm³/mol. The minimum atomic E-state index is -2.18. The highest BCUT2D eigenvalue weighted by atomic mass is 16.7. The van der Waals surface area contributed by atoms with Crippen LogP contribution in [0.15, 0.2) is 0 Å². The van der Waals surface area contributed by atoms with Crippen LogP contribution in [0.2, 0.25) is 0 Å². The number of nitrogens with zero attached hydrogens (tertiary/aromatic N) is 1. The zero-order valence-electron chi connectivity index (χ0n) is 31.2. The number of aliphatic hydroxyl groups excluding tert-OH is 3. The molecular formula is C38H61NO12. The topological polar surface area (TPSA) is 207 Å². The van der Waals surface area contributed by atoms with Gasteiger partial charge in [0.2, 0.25) is 0 Å². The third kappa shape index (κ3) is 4.88. The van der Waals surface area contributed by atoms with E-state index in [0.29, 0.717) is 25.3 Å². The molecule has 4 aliphatic carbocycles. The quantitative estimate of drug-likeness (QED) is 0.171. The van der Waals surface area contributed by atoms with Crippen LogP contribution in [-0.2, 0) is 23.8 Å². The van der Waals surface area contributed by atoms with Crippen LogP contribution in [0.5, 0.6) is 0 Å². The number of rotatable bonds is 8. The van der Waals surface area contributed by atoms with E-state index in [0.717, 1.165) is 19.4 Å². The van der Waals surface area contributed by atoms with Crippen molar-refractivity contribution in [3.63, 3.8) is 0 Å². The van der Waals surface area contributed by atoms with Gasteiger partial charge in [-0.25, -0.2) is 0 Å². The molecule has 7 fully saturated rings. The average Bonchev–Trinajstić information content (AvgIpc) is 3.37. The van der Waals surface area contributed by atoms with E-state index in [9.17, 15) is 45.3 Å². The molecule has 7 N–H and O–H groups in total. The number of carbonyl (C=O) groups is 2. The number of ketones is 1. The van der Waals surface area contributed by atoms with Gasteiger partial charge in [-0.3, -0.25) is 14.5 Å². The molecule has 1 spiro atoms. The highest BCUT2D eigenvalue weighted by Crippen LogP contribution is 2.77. The molecule has 4 bridgehead atoms. The van der Waals surface area contributed by atoms with Gasteiger partial charge in [0.25, 0.3) is 0 Å². The highest BCUT2D eigenvalue weighted by molar-refractivity contribution is 5.87. The molecule has 0 aromatic heterocycles. The minimum absolute atomic E-state index is 0.0961. The number of aliphatic hydroxyl groups is 7. The zero-order chi connectivity index (χ0) is 37.4. The summed E-state index contributed by atoms with van der Waals surface area (Å²) in [5.41, 5.74) is -7.68. The molecule has 7 aliphatic rings. The van der Waals surface area contributed by atoms with Crippen molar-refractivity contribution in [2.75, 3.05) is 19.7 Å². The summed E-state index contributed by atoms with van der Waals surface area (Å²) in [5.74, 6) is -8.05. The molecule has 13 nitrogen and oxygen atoms in total. The van der Waals surface area contributed by atoms with Crippen LogP contribution in [0.1, 0.15) is 93.4 Å². The van der Waals surface area contributed by atoms with Crippen LogP contribution < -0.4 is 0 Å². The summed E-state index contributed by atoms with van der Waals surface area (Å²) in [6, 6.07) is -0.255. The summed E-state index contributed by atoms with van der Waals surface area (Å²) in [7, 11) is 0. The summed E-state index contributed by atoms with van der Waals surface area (Å²) in [4.78, 5) is 28.7. The van der Waals surface area contributed by atoms with Gasteiger partial charge in [-0.2, -0.15) is 0 Å². The van der Waals surface area contributed by atoms with Gasteiger partial charge in [0.15, 0.2) is 17.7 Å². The first-order valence-electron chi connectivity index (χ1n) is 19.4. The second kappa shape index (κ2) is 12.1. The molecule has 19 atom stereocenters. The maximum absolute atomic E-state index is 13.6. The van der Waals surface area contributed by atoms with E-state index in [4.69, 9.17) is 14.2 Å². The number of hydrogen-bond donors (Lipinski definition) is 7. The molecule has 51 heavy (non-hydrogen) atoms. The summed E-state index contributed by atoms with van der Waals surface area (Å²) >= 11 is 0. The molecule has 7 rings (SSSR count). The molecule has 290 valence electrons. The number of fused-ring (bicyclic) bond motifs is 5. The van der Waals surface area contributed by atoms with E-state index < -0.39 is 118 Å². The molecular weight excluding hydrogens is 662 g/mol. The Bertz CT molecular complexity index is 1410. The first-order chi connectivity index (χ1) is 23.7. The lowest BCUT2D eigenvalue weighted by atomic mass is 9.48. The SMILES string of the molecule is CC[C@@H](C)C(=O)O[C@H]1[C@H](O)[C@H]2[C@@H](CN3C[C@H](C)CC[C@@H]3[C@@]2(C)O)[C@H]2C[C@]34O[C@]5(O)[C@@H](OCC(=O)[C@@](C)(O)CC)CC[C@@]3(C)[C@@H]5[C@@H](O)[C@@H](O)[C@@H]4[C@@]21O. The van der Waals surface area contributed by atoms with E-state index in [2.05, 4.69) is 11.8 Å². The van der Waals surface area contributed by atoms with E-state index in [-0.39, 0.29) is 25.3 Å². The Hall–Kier alpha value is -1.26. The van der Waals surface area contributed by atoms with Crippen molar-refractivity contribution in [1.82, 2.24) is 4.90 Å². The van der Waals surface area contributed by atoms with Gasteiger partial charge in [0.05, 0.1) is 47.3 Å². The van der Waals surface area contributed by atoms with E-state index in [1.54, 1.807) is 20.8 Å². The maximum Gasteiger partial charge on any atom is 0.309 e. The van der Waals surface area contributed by atoms with Crippen molar-refractivity contribution >= 4 is 11.8 Å². The number of ether oxygens (including phenoxy) is 3. The fraction of sp³-hybridized carbons (Fsp3) is 0.947. The van der Waals surface area contributed by atoms with Gasteiger partial charge in [-0.05, 0) is 76.5 Å². The van der Waals surface area contributed by atoms with Gasteiger partial charge < -0.3 is 50.0 Å². The van der Waals surface area contributed by atoms with Gasteiger partial charge >= 0.3 is 5.97 Å². The zero-order valence-corrected chi connectivity index (χ0v) is 31.2. The van der Waals surface area contributed by atoms with Gasteiger partial charge in [0, 0.05) is 30.5 Å². The lowest BCUT2D eigenvalue weighted by molar-refractivity contribution is -0.301. The van der Waals surface area contributed by atoms with Gasteiger partial charge in [-0.1, -0.05) is 34.6 Å². The van der Waals surface area contributed by atoms with Crippen molar-refractivity contribution < 1.29 is 59.5 Å². The Morgan fingerprint density at radius 1 is 1.00 bits per heavy atom. The maximum atomic E-state index is 13.6. The van der Waals surface area contributed by atoms with E-state index >= 15 is 0 Å². The molecule has 0 aromatic rings. The normalized spacial score (nSPS) is 54.7. The Morgan fingerprint density at radius 3 is 2.31 bits per heavy atom. The van der Waals surface area contributed by atoms with Crippen molar-refractivity contribution in [2.24, 2.45) is 46.8 Å². The molecule has 0 amide bonds. The molecule has 13 heteroatoms. The van der Waals surface area contributed by atoms with E-state index in [1.165, 1.54) is 6.92 Å². The second-order valence-corrected chi connectivity index (χ2v) is 18.4. The van der Waals surface area contributed by atoms with Crippen molar-refractivity contribution in [1.29, 1.82) is 0 Å². The van der Waals surface area contributed by atoms with Crippen LogP contribution in [0.3, 0.4) is 0 Å². The van der Waals surface area contributed by atoms with Gasteiger partial charge in [-0.15, -0.1) is 0 Å². The Kier molecular flexibility index (Phi) is 9.04. The molecule has 0 unspecified atom stereocenters.